The van der Waals surface area contributed by atoms with Crippen molar-refractivity contribution in [2.24, 2.45) is 0 Å². The van der Waals surface area contributed by atoms with Gasteiger partial charge < -0.3 is 4.90 Å². The molecule has 0 saturated carbocycles. The fourth-order valence-corrected chi connectivity index (χ4v) is 5.17. The number of aromatic nitrogens is 2. The molecule has 2 aromatic carbocycles. The van der Waals surface area contributed by atoms with E-state index in [0.29, 0.717) is 13.1 Å². The largest absolute Gasteiger partial charge is 0.336 e. The molecular formula is C22H19FN4OS2. The standard InChI is InChI=1S/C22H19FN4OS2/c23-17-4-1-15(2-5-17)19-13-29-21(25-19)12-26-7-9-27(10-8-26)22(28)16-3-6-18-20(11-16)30-14-24-18/h1-6,11,13-14H,7-10,12H2. The van der Waals surface area contributed by atoms with Crippen molar-refractivity contribution in [1.82, 2.24) is 19.8 Å². The molecule has 5 nitrogen and oxygen atoms in total. The number of fused-ring (bicyclic) bond motifs is 1. The molecular weight excluding hydrogens is 419 g/mol. The van der Waals surface area contributed by atoms with Crippen LogP contribution in [0.25, 0.3) is 21.5 Å². The minimum absolute atomic E-state index is 0.0813. The third kappa shape index (κ3) is 3.98. The first-order valence-electron chi connectivity index (χ1n) is 9.71. The van der Waals surface area contributed by atoms with E-state index < -0.39 is 0 Å². The van der Waals surface area contributed by atoms with Crippen LogP contribution in [0.5, 0.6) is 0 Å². The summed E-state index contributed by atoms with van der Waals surface area (Å²) in [6.07, 6.45) is 0. The van der Waals surface area contributed by atoms with Crippen LogP contribution in [0.2, 0.25) is 0 Å². The summed E-state index contributed by atoms with van der Waals surface area (Å²) in [5.41, 5.74) is 5.26. The molecule has 4 aromatic rings. The van der Waals surface area contributed by atoms with E-state index in [0.717, 1.165) is 51.7 Å². The number of thiazole rings is 2. The van der Waals surface area contributed by atoms with Crippen LogP contribution in [0.1, 0.15) is 15.4 Å². The lowest BCUT2D eigenvalue weighted by Gasteiger charge is -2.34. The predicted molar refractivity (Wildman–Crippen MR) is 118 cm³/mol. The summed E-state index contributed by atoms with van der Waals surface area (Å²) in [4.78, 5) is 26.1. The lowest BCUT2D eigenvalue weighted by molar-refractivity contribution is 0.0628. The molecule has 0 bridgehead atoms. The first-order chi connectivity index (χ1) is 14.7. The first-order valence-corrected chi connectivity index (χ1v) is 11.5. The molecule has 1 saturated heterocycles. The molecule has 0 spiro atoms. The van der Waals surface area contributed by atoms with Crippen LogP contribution in [-0.2, 0) is 6.54 Å². The van der Waals surface area contributed by atoms with Gasteiger partial charge in [-0.3, -0.25) is 9.69 Å². The average Bonchev–Trinajstić information content (AvgIpc) is 3.43. The van der Waals surface area contributed by atoms with Crippen molar-refractivity contribution in [3.05, 3.63) is 69.7 Å². The molecule has 3 heterocycles. The molecule has 0 aliphatic carbocycles. The second-order valence-corrected chi connectivity index (χ2v) is 9.07. The SMILES string of the molecule is O=C(c1ccc2ncsc2c1)N1CCN(Cc2nc(-c3ccc(F)cc3)cs2)CC1. The molecule has 5 rings (SSSR count). The number of carbonyl (C=O) groups is 1. The Morgan fingerprint density at radius 3 is 2.63 bits per heavy atom. The van der Waals surface area contributed by atoms with Crippen LogP contribution in [-0.4, -0.2) is 51.9 Å². The van der Waals surface area contributed by atoms with E-state index in [9.17, 15) is 9.18 Å². The van der Waals surface area contributed by atoms with Crippen LogP contribution in [0.3, 0.4) is 0 Å². The quantitative estimate of drug-likeness (QED) is 0.470. The zero-order valence-electron chi connectivity index (χ0n) is 16.1. The number of hydrogen-bond acceptors (Lipinski definition) is 6. The predicted octanol–water partition coefficient (Wildman–Crippen LogP) is 4.52. The van der Waals surface area contributed by atoms with Gasteiger partial charge in [-0.2, -0.15) is 0 Å². The van der Waals surface area contributed by atoms with Gasteiger partial charge in [0.15, 0.2) is 0 Å². The highest BCUT2D eigenvalue weighted by atomic mass is 32.1. The molecule has 30 heavy (non-hydrogen) atoms. The molecule has 152 valence electrons. The number of halogens is 1. The number of benzene rings is 2. The molecule has 0 radical (unpaired) electrons. The van der Waals surface area contributed by atoms with E-state index in [2.05, 4.69) is 9.88 Å². The monoisotopic (exact) mass is 438 g/mol. The first kappa shape index (κ1) is 19.3. The van der Waals surface area contributed by atoms with Crippen LogP contribution in [0.15, 0.2) is 53.4 Å². The van der Waals surface area contributed by atoms with Crippen molar-refractivity contribution in [3.8, 4) is 11.3 Å². The Morgan fingerprint density at radius 2 is 1.83 bits per heavy atom. The Hall–Kier alpha value is -2.68. The van der Waals surface area contributed by atoms with Gasteiger partial charge in [-0.1, -0.05) is 0 Å². The third-order valence-electron chi connectivity index (χ3n) is 5.29. The molecule has 0 N–H and O–H groups in total. The van der Waals surface area contributed by atoms with Gasteiger partial charge in [0.1, 0.15) is 10.8 Å². The minimum Gasteiger partial charge on any atom is -0.336 e. The second kappa shape index (κ2) is 8.22. The van der Waals surface area contributed by atoms with Crippen molar-refractivity contribution in [1.29, 1.82) is 0 Å². The maximum atomic E-state index is 13.1. The van der Waals surface area contributed by atoms with E-state index in [1.165, 1.54) is 12.1 Å². The third-order valence-corrected chi connectivity index (χ3v) is 6.91. The fraction of sp³-hybridized carbons (Fsp3) is 0.227. The van der Waals surface area contributed by atoms with Crippen molar-refractivity contribution >= 4 is 38.8 Å². The van der Waals surface area contributed by atoms with E-state index in [4.69, 9.17) is 4.98 Å². The van der Waals surface area contributed by atoms with Gasteiger partial charge in [-0.15, -0.1) is 22.7 Å². The molecule has 1 aliphatic rings. The molecule has 1 aliphatic heterocycles. The number of piperazine rings is 1. The van der Waals surface area contributed by atoms with Crippen molar-refractivity contribution in [2.75, 3.05) is 26.2 Å². The van der Waals surface area contributed by atoms with Gasteiger partial charge in [0, 0.05) is 42.7 Å². The number of amides is 1. The zero-order valence-corrected chi connectivity index (χ0v) is 17.8. The number of rotatable bonds is 4. The Morgan fingerprint density at radius 1 is 1.03 bits per heavy atom. The van der Waals surface area contributed by atoms with E-state index >= 15 is 0 Å². The lowest BCUT2D eigenvalue weighted by Crippen LogP contribution is -2.48. The van der Waals surface area contributed by atoms with Crippen molar-refractivity contribution < 1.29 is 9.18 Å². The van der Waals surface area contributed by atoms with Gasteiger partial charge >= 0.3 is 0 Å². The minimum atomic E-state index is -0.242. The van der Waals surface area contributed by atoms with Crippen molar-refractivity contribution in [3.63, 3.8) is 0 Å². The summed E-state index contributed by atoms with van der Waals surface area (Å²) >= 11 is 3.17. The molecule has 0 atom stereocenters. The molecule has 8 heteroatoms. The van der Waals surface area contributed by atoms with Gasteiger partial charge in [-0.05, 0) is 42.5 Å². The Kier molecular flexibility index (Phi) is 5.28. The smallest absolute Gasteiger partial charge is 0.253 e. The maximum absolute atomic E-state index is 13.1. The maximum Gasteiger partial charge on any atom is 0.253 e. The van der Waals surface area contributed by atoms with E-state index in [1.807, 2.05) is 28.5 Å². The Balaban J connectivity index is 1.19. The van der Waals surface area contributed by atoms with Crippen LogP contribution < -0.4 is 0 Å². The van der Waals surface area contributed by atoms with E-state index in [1.54, 1.807) is 40.3 Å². The zero-order chi connectivity index (χ0) is 20.5. The highest BCUT2D eigenvalue weighted by molar-refractivity contribution is 7.16. The van der Waals surface area contributed by atoms with Crippen molar-refractivity contribution in [2.45, 2.75) is 6.54 Å². The number of hydrogen-bond donors (Lipinski definition) is 0. The molecule has 0 unspecified atom stereocenters. The molecule has 1 amide bonds. The fourth-order valence-electron chi connectivity index (χ4n) is 3.61. The summed E-state index contributed by atoms with van der Waals surface area (Å²) in [6, 6.07) is 12.1. The summed E-state index contributed by atoms with van der Waals surface area (Å²) in [6.45, 7) is 3.81. The lowest BCUT2D eigenvalue weighted by atomic mass is 10.1. The number of nitrogens with zero attached hydrogens (tertiary/aromatic N) is 4. The van der Waals surface area contributed by atoms with Crippen LogP contribution in [0, 0.1) is 5.82 Å². The summed E-state index contributed by atoms with van der Waals surface area (Å²) in [7, 11) is 0. The van der Waals surface area contributed by atoms with Gasteiger partial charge in [-0.25, -0.2) is 14.4 Å². The molecule has 1 fully saturated rings. The molecule has 2 aromatic heterocycles. The van der Waals surface area contributed by atoms with E-state index in [-0.39, 0.29) is 11.7 Å². The van der Waals surface area contributed by atoms with Gasteiger partial charge in [0.2, 0.25) is 0 Å². The summed E-state index contributed by atoms with van der Waals surface area (Å²) < 4.78 is 14.2. The second-order valence-electron chi connectivity index (χ2n) is 7.24. The Labute approximate surface area is 181 Å². The number of carbonyl (C=O) groups excluding carboxylic acids is 1. The average molecular weight is 439 g/mol. The van der Waals surface area contributed by atoms with Crippen LogP contribution in [0.4, 0.5) is 4.39 Å². The van der Waals surface area contributed by atoms with Crippen LogP contribution >= 0.6 is 22.7 Å². The summed E-state index contributed by atoms with van der Waals surface area (Å²) in [5.74, 6) is -0.161. The highest BCUT2D eigenvalue weighted by Crippen LogP contribution is 2.24. The normalized spacial score (nSPS) is 15.0. The van der Waals surface area contributed by atoms with Gasteiger partial charge in [0.05, 0.1) is 28.0 Å². The van der Waals surface area contributed by atoms with Gasteiger partial charge in [0.25, 0.3) is 5.91 Å². The topological polar surface area (TPSA) is 49.3 Å². The Bertz CT molecular complexity index is 1180. The highest BCUT2D eigenvalue weighted by Gasteiger charge is 2.23. The summed E-state index contributed by atoms with van der Waals surface area (Å²) in [5, 5.41) is 3.04.